The SMILES string of the molecule is COC(=O)c1ccn2nc(-c3cccnc3)nc2c1. The lowest BCUT2D eigenvalue weighted by Crippen LogP contribution is -2.02. The number of rotatable bonds is 2. The largest absolute Gasteiger partial charge is 0.465 e. The smallest absolute Gasteiger partial charge is 0.338 e. The number of aromatic nitrogens is 4. The molecule has 0 aliphatic heterocycles. The molecular weight excluding hydrogens is 244 g/mol. The summed E-state index contributed by atoms with van der Waals surface area (Å²) >= 11 is 0. The molecule has 6 nitrogen and oxygen atoms in total. The Bertz CT molecular complexity index is 737. The molecule has 0 atom stereocenters. The van der Waals surface area contributed by atoms with Gasteiger partial charge in [-0.15, -0.1) is 5.10 Å². The third-order valence-corrected chi connectivity index (χ3v) is 2.68. The van der Waals surface area contributed by atoms with E-state index in [9.17, 15) is 4.79 Å². The number of nitrogens with zero attached hydrogens (tertiary/aromatic N) is 4. The monoisotopic (exact) mass is 254 g/mol. The minimum atomic E-state index is -0.395. The van der Waals surface area contributed by atoms with Crippen molar-refractivity contribution in [3.05, 3.63) is 48.4 Å². The lowest BCUT2D eigenvalue weighted by atomic mass is 10.2. The van der Waals surface area contributed by atoms with E-state index in [4.69, 9.17) is 0 Å². The van der Waals surface area contributed by atoms with Crippen molar-refractivity contribution < 1.29 is 9.53 Å². The molecule has 94 valence electrons. The van der Waals surface area contributed by atoms with Crippen LogP contribution in [0.5, 0.6) is 0 Å². The number of fused-ring (bicyclic) bond motifs is 1. The summed E-state index contributed by atoms with van der Waals surface area (Å²) in [5.41, 5.74) is 1.85. The number of hydrogen-bond acceptors (Lipinski definition) is 5. The van der Waals surface area contributed by atoms with Crippen LogP contribution in [0.4, 0.5) is 0 Å². The van der Waals surface area contributed by atoms with Crippen molar-refractivity contribution in [2.45, 2.75) is 0 Å². The second kappa shape index (κ2) is 4.49. The molecule has 0 fully saturated rings. The van der Waals surface area contributed by atoms with Crippen LogP contribution in [0.3, 0.4) is 0 Å². The summed E-state index contributed by atoms with van der Waals surface area (Å²) in [6.45, 7) is 0. The highest BCUT2D eigenvalue weighted by molar-refractivity contribution is 5.90. The quantitative estimate of drug-likeness (QED) is 0.649. The predicted molar refractivity (Wildman–Crippen MR) is 67.6 cm³/mol. The molecule has 0 radical (unpaired) electrons. The molecular formula is C13H10N4O2. The zero-order valence-corrected chi connectivity index (χ0v) is 10.1. The summed E-state index contributed by atoms with van der Waals surface area (Å²) < 4.78 is 6.28. The van der Waals surface area contributed by atoms with E-state index in [1.807, 2.05) is 12.1 Å². The molecule has 0 aliphatic rings. The summed E-state index contributed by atoms with van der Waals surface area (Å²) in [7, 11) is 1.34. The van der Waals surface area contributed by atoms with Crippen LogP contribution in [0.15, 0.2) is 42.9 Å². The average Bonchev–Trinajstić information content (AvgIpc) is 2.90. The Labute approximate surface area is 108 Å². The van der Waals surface area contributed by atoms with Crippen molar-refractivity contribution in [3.8, 4) is 11.4 Å². The fourth-order valence-corrected chi connectivity index (χ4v) is 1.74. The van der Waals surface area contributed by atoms with E-state index in [1.54, 1.807) is 35.2 Å². The Kier molecular flexibility index (Phi) is 2.68. The van der Waals surface area contributed by atoms with Crippen LogP contribution in [0.1, 0.15) is 10.4 Å². The minimum absolute atomic E-state index is 0.395. The zero-order chi connectivity index (χ0) is 13.2. The van der Waals surface area contributed by atoms with Gasteiger partial charge in [0.25, 0.3) is 0 Å². The van der Waals surface area contributed by atoms with E-state index in [1.165, 1.54) is 7.11 Å². The Morgan fingerprint density at radius 1 is 1.37 bits per heavy atom. The second-order valence-electron chi connectivity index (χ2n) is 3.89. The molecule has 0 saturated heterocycles. The van der Waals surface area contributed by atoms with Crippen LogP contribution < -0.4 is 0 Å². The summed E-state index contributed by atoms with van der Waals surface area (Å²) in [6.07, 6.45) is 5.05. The normalized spacial score (nSPS) is 10.6. The Morgan fingerprint density at radius 3 is 3.00 bits per heavy atom. The molecule has 0 amide bonds. The lowest BCUT2D eigenvalue weighted by molar-refractivity contribution is 0.0600. The van der Waals surface area contributed by atoms with Gasteiger partial charge in [0.2, 0.25) is 0 Å². The van der Waals surface area contributed by atoms with Crippen molar-refractivity contribution in [1.29, 1.82) is 0 Å². The zero-order valence-electron chi connectivity index (χ0n) is 10.1. The van der Waals surface area contributed by atoms with Gasteiger partial charge in [-0.1, -0.05) is 0 Å². The topological polar surface area (TPSA) is 69.4 Å². The lowest BCUT2D eigenvalue weighted by Gasteiger charge is -1.97. The van der Waals surface area contributed by atoms with E-state index in [0.29, 0.717) is 17.0 Å². The molecule has 0 N–H and O–H groups in total. The van der Waals surface area contributed by atoms with Gasteiger partial charge in [-0.2, -0.15) is 0 Å². The minimum Gasteiger partial charge on any atom is -0.465 e. The maximum atomic E-state index is 11.4. The molecule has 0 unspecified atom stereocenters. The highest BCUT2D eigenvalue weighted by atomic mass is 16.5. The Hall–Kier alpha value is -2.76. The summed E-state index contributed by atoms with van der Waals surface area (Å²) in [4.78, 5) is 19.8. The highest BCUT2D eigenvalue weighted by Gasteiger charge is 2.10. The number of carbonyl (C=O) groups excluding carboxylic acids is 1. The number of methoxy groups -OCH3 is 1. The molecule has 0 bridgehead atoms. The van der Waals surface area contributed by atoms with Gasteiger partial charge >= 0.3 is 5.97 Å². The van der Waals surface area contributed by atoms with Crippen LogP contribution in [0, 0.1) is 0 Å². The summed E-state index contributed by atoms with van der Waals surface area (Å²) in [6, 6.07) is 6.98. The first-order valence-corrected chi connectivity index (χ1v) is 5.63. The molecule has 3 aromatic rings. The summed E-state index contributed by atoms with van der Waals surface area (Å²) in [5, 5.41) is 4.32. The standard InChI is InChI=1S/C13H10N4O2/c1-19-13(18)9-4-6-17-11(7-9)15-12(16-17)10-3-2-5-14-8-10/h2-8H,1H3. The van der Waals surface area contributed by atoms with Crippen LogP contribution in [0.2, 0.25) is 0 Å². The average molecular weight is 254 g/mol. The van der Waals surface area contributed by atoms with Gasteiger partial charge in [0.1, 0.15) is 0 Å². The first-order chi connectivity index (χ1) is 9.28. The predicted octanol–water partition coefficient (Wildman–Crippen LogP) is 1.58. The number of hydrogen-bond donors (Lipinski definition) is 0. The van der Waals surface area contributed by atoms with Crippen LogP contribution in [0.25, 0.3) is 17.0 Å². The Balaban J connectivity index is 2.09. The van der Waals surface area contributed by atoms with Crippen LogP contribution >= 0.6 is 0 Å². The molecule has 19 heavy (non-hydrogen) atoms. The van der Waals surface area contributed by atoms with Crippen molar-refractivity contribution in [2.75, 3.05) is 7.11 Å². The molecule has 0 saturated carbocycles. The number of ether oxygens (including phenoxy) is 1. The fraction of sp³-hybridized carbons (Fsp3) is 0.0769. The maximum Gasteiger partial charge on any atom is 0.338 e. The highest BCUT2D eigenvalue weighted by Crippen LogP contribution is 2.15. The molecule has 3 aromatic heterocycles. The molecule has 0 spiro atoms. The van der Waals surface area contributed by atoms with Gasteiger partial charge in [0.15, 0.2) is 11.5 Å². The number of carbonyl (C=O) groups is 1. The summed E-state index contributed by atoms with van der Waals surface area (Å²) in [5.74, 6) is 0.170. The van der Waals surface area contributed by atoms with Crippen molar-refractivity contribution in [1.82, 2.24) is 19.6 Å². The van der Waals surface area contributed by atoms with E-state index in [0.717, 1.165) is 5.56 Å². The second-order valence-corrected chi connectivity index (χ2v) is 3.89. The van der Waals surface area contributed by atoms with Crippen LogP contribution in [-0.2, 0) is 4.74 Å². The van der Waals surface area contributed by atoms with Crippen molar-refractivity contribution >= 4 is 11.6 Å². The van der Waals surface area contributed by atoms with E-state index in [2.05, 4.69) is 19.8 Å². The van der Waals surface area contributed by atoms with Gasteiger partial charge < -0.3 is 4.74 Å². The van der Waals surface area contributed by atoms with Gasteiger partial charge in [0.05, 0.1) is 12.7 Å². The van der Waals surface area contributed by atoms with Crippen molar-refractivity contribution in [3.63, 3.8) is 0 Å². The Morgan fingerprint density at radius 2 is 2.26 bits per heavy atom. The van der Waals surface area contributed by atoms with Crippen LogP contribution in [-0.4, -0.2) is 32.7 Å². The first-order valence-electron chi connectivity index (χ1n) is 5.63. The number of pyridine rings is 2. The molecule has 3 heterocycles. The van der Waals surface area contributed by atoms with Gasteiger partial charge in [-0.25, -0.2) is 14.3 Å². The molecule has 0 aromatic carbocycles. The van der Waals surface area contributed by atoms with E-state index in [-0.39, 0.29) is 0 Å². The third-order valence-electron chi connectivity index (χ3n) is 2.68. The third kappa shape index (κ3) is 2.03. The molecule has 0 aliphatic carbocycles. The van der Waals surface area contributed by atoms with E-state index >= 15 is 0 Å². The molecule has 6 heteroatoms. The first kappa shape index (κ1) is 11.3. The van der Waals surface area contributed by atoms with Gasteiger partial charge in [-0.05, 0) is 24.3 Å². The van der Waals surface area contributed by atoms with Gasteiger partial charge in [-0.3, -0.25) is 4.98 Å². The van der Waals surface area contributed by atoms with E-state index < -0.39 is 5.97 Å². The number of esters is 1. The van der Waals surface area contributed by atoms with Crippen molar-refractivity contribution in [2.24, 2.45) is 0 Å². The maximum absolute atomic E-state index is 11.4. The van der Waals surface area contributed by atoms with Gasteiger partial charge in [0, 0.05) is 24.2 Å². The fourth-order valence-electron chi connectivity index (χ4n) is 1.74. The molecule has 3 rings (SSSR count).